The van der Waals surface area contributed by atoms with Gasteiger partial charge in [0.2, 0.25) is 0 Å². The zero-order valence-corrected chi connectivity index (χ0v) is 23.1. The second-order valence-electron chi connectivity index (χ2n) is 11.7. The molecule has 0 bridgehead atoms. The lowest BCUT2D eigenvalue weighted by Crippen LogP contribution is -2.58. The van der Waals surface area contributed by atoms with Crippen LogP contribution in [0.3, 0.4) is 0 Å². The fourth-order valence-electron chi connectivity index (χ4n) is 5.08. The van der Waals surface area contributed by atoms with Crippen LogP contribution < -0.4 is 15.1 Å². The van der Waals surface area contributed by atoms with Gasteiger partial charge in [-0.05, 0) is 60.1 Å². The number of nitrogens with zero attached hydrogens (tertiary/aromatic N) is 2. The molecule has 2 fully saturated rings. The van der Waals surface area contributed by atoms with E-state index in [0.29, 0.717) is 13.2 Å². The van der Waals surface area contributed by atoms with Crippen molar-refractivity contribution in [3.8, 4) is 0 Å². The fraction of sp³-hybridized carbons (Fsp3) is 0.567. The number of amides is 2. The first-order chi connectivity index (χ1) is 17.0. The Labute approximate surface area is 217 Å². The first-order valence-electron chi connectivity index (χ1n) is 13.3. The Morgan fingerprint density at radius 2 is 1.44 bits per heavy atom. The SMILES string of the molecule is CC(C)c1cccc(C(C)C)c1N(C)C(=O)NC1(c2ccc(N3CCCC3)cc2)OCC(C)(C)CO1. The molecule has 2 aromatic carbocycles. The van der Waals surface area contributed by atoms with E-state index in [2.05, 4.69) is 82.1 Å². The first kappa shape index (κ1) is 26.5. The molecule has 0 aliphatic carbocycles. The van der Waals surface area contributed by atoms with Crippen LogP contribution in [-0.4, -0.2) is 39.4 Å². The van der Waals surface area contributed by atoms with E-state index in [4.69, 9.17) is 9.47 Å². The molecule has 2 aliphatic heterocycles. The van der Waals surface area contributed by atoms with Crippen LogP contribution in [0, 0.1) is 5.41 Å². The molecule has 2 heterocycles. The summed E-state index contributed by atoms with van der Waals surface area (Å²) < 4.78 is 12.7. The van der Waals surface area contributed by atoms with Gasteiger partial charge in [0.05, 0.1) is 18.9 Å². The lowest BCUT2D eigenvalue weighted by atomic mass is 9.92. The van der Waals surface area contributed by atoms with Gasteiger partial charge in [-0.2, -0.15) is 0 Å². The Morgan fingerprint density at radius 3 is 1.94 bits per heavy atom. The van der Waals surface area contributed by atoms with Crippen LogP contribution in [0.1, 0.15) is 82.9 Å². The number of hydrogen-bond donors (Lipinski definition) is 1. The number of carbonyl (C=O) groups is 1. The number of nitrogens with one attached hydrogen (secondary N) is 1. The third kappa shape index (κ3) is 5.40. The van der Waals surface area contributed by atoms with Crippen LogP contribution in [0.15, 0.2) is 42.5 Å². The van der Waals surface area contributed by atoms with Gasteiger partial charge in [-0.15, -0.1) is 0 Å². The number of anilines is 2. The van der Waals surface area contributed by atoms with Crippen LogP contribution in [0.25, 0.3) is 0 Å². The summed E-state index contributed by atoms with van der Waals surface area (Å²) in [6.45, 7) is 16.0. The number of benzene rings is 2. The van der Waals surface area contributed by atoms with Crippen LogP contribution in [0.2, 0.25) is 0 Å². The summed E-state index contributed by atoms with van der Waals surface area (Å²) in [6.07, 6.45) is 2.46. The Morgan fingerprint density at radius 1 is 0.917 bits per heavy atom. The summed E-state index contributed by atoms with van der Waals surface area (Å²) in [5.74, 6) is -0.775. The lowest BCUT2D eigenvalue weighted by Gasteiger charge is -2.44. The summed E-state index contributed by atoms with van der Waals surface area (Å²) in [7, 11) is 1.83. The van der Waals surface area contributed by atoms with E-state index in [0.717, 1.165) is 35.5 Å². The van der Waals surface area contributed by atoms with Crippen molar-refractivity contribution in [2.75, 3.05) is 43.2 Å². The predicted molar refractivity (Wildman–Crippen MR) is 147 cm³/mol. The van der Waals surface area contributed by atoms with E-state index < -0.39 is 5.91 Å². The van der Waals surface area contributed by atoms with Crippen molar-refractivity contribution >= 4 is 17.4 Å². The molecule has 0 aromatic heterocycles. The Bertz CT molecular complexity index is 1020. The maximum absolute atomic E-state index is 13.8. The minimum Gasteiger partial charge on any atom is -0.372 e. The second kappa shape index (κ2) is 10.4. The van der Waals surface area contributed by atoms with Crippen molar-refractivity contribution in [1.29, 1.82) is 0 Å². The Hall–Kier alpha value is -2.57. The third-order valence-corrected chi connectivity index (χ3v) is 7.30. The molecule has 196 valence electrons. The highest BCUT2D eigenvalue weighted by molar-refractivity contribution is 5.94. The zero-order chi connectivity index (χ0) is 26.1. The maximum Gasteiger partial charge on any atom is 0.326 e. The highest BCUT2D eigenvalue weighted by Crippen LogP contribution is 2.38. The normalized spacial score (nSPS) is 19.1. The highest BCUT2D eigenvalue weighted by Gasteiger charge is 2.44. The molecule has 2 saturated heterocycles. The molecule has 0 unspecified atom stereocenters. The molecule has 0 saturated carbocycles. The van der Waals surface area contributed by atoms with Crippen molar-refractivity contribution < 1.29 is 14.3 Å². The molecule has 0 spiro atoms. The minimum atomic E-state index is -1.34. The molecule has 36 heavy (non-hydrogen) atoms. The van der Waals surface area contributed by atoms with E-state index in [9.17, 15) is 4.79 Å². The monoisotopic (exact) mass is 493 g/mol. The topological polar surface area (TPSA) is 54.0 Å². The Kier molecular flexibility index (Phi) is 7.67. The summed E-state index contributed by atoms with van der Waals surface area (Å²) in [5, 5.41) is 3.13. The average Bonchev–Trinajstić information content (AvgIpc) is 3.39. The van der Waals surface area contributed by atoms with Crippen molar-refractivity contribution in [2.24, 2.45) is 5.41 Å². The van der Waals surface area contributed by atoms with Gasteiger partial charge in [-0.3, -0.25) is 10.2 Å². The number of hydrogen-bond acceptors (Lipinski definition) is 4. The molecular weight excluding hydrogens is 450 g/mol. The van der Waals surface area contributed by atoms with Crippen LogP contribution >= 0.6 is 0 Å². The molecule has 0 atom stereocenters. The number of para-hydroxylation sites is 1. The van der Waals surface area contributed by atoms with E-state index >= 15 is 0 Å². The van der Waals surface area contributed by atoms with Gasteiger partial charge in [0.15, 0.2) is 0 Å². The molecule has 2 aromatic rings. The molecule has 2 amide bonds. The molecule has 1 N–H and O–H groups in total. The van der Waals surface area contributed by atoms with Crippen molar-refractivity contribution in [3.63, 3.8) is 0 Å². The smallest absolute Gasteiger partial charge is 0.326 e. The molecule has 2 aliphatic rings. The highest BCUT2D eigenvalue weighted by atomic mass is 16.7. The van der Waals surface area contributed by atoms with E-state index in [-0.39, 0.29) is 23.3 Å². The van der Waals surface area contributed by atoms with Gasteiger partial charge in [-0.25, -0.2) is 4.79 Å². The van der Waals surface area contributed by atoms with Gasteiger partial charge < -0.3 is 14.4 Å². The van der Waals surface area contributed by atoms with Gasteiger partial charge in [-0.1, -0.05) is 59.7 Å². The van der Waals surface area contributed by atoms with Gasteiger partial charge in [0, 0.05) is 36.8 Å². The summed E-state index contributed by atoms with van der Waals surface area (Å²) in [6, 6.07) is 14.3. The number of rotatable bonds is 6. The standard InChI is InChI=1S/C30H43N3O3/c1-21(2)25-11-10-12-26(22(3)4)27(25)32(7)28(34)31-30(35-19-29(5,6)20-36-30)23-13-15-24(16-14-23)33-17-8-9-18-33/h10-16,21-22H,8-9,17-20H2,1-7H3,(H,31,34). The van der Waals surface area contributed by atoms with Crippen LogP contribution in [-0.2, 0) is 15.4 Å². The minimum absolute atomic E-state index is 0.134. The maximum atomic E-state index is 13.8. The first-order valence-corrected chi connectivity index (χ1v) is 13.3. The molecular formula is C30H43N3O3. The van der Waals surface area contributed by atoms with Crippen molar-refractivity contribution in [3.05, 3.63) is 59.2 Å². The van der Waals surface area contributed by atoms with Gasteiger partial charge in [0.25, 0.3) is 5.91 Å². The summed E-state index contributed by atoms with van der Waals surface area (Å²) in [4.78, 5) is 17.9. The third-order valence-electron chi connectivity index (χ3n) is 7.30. The summed E-state index contributed by atoms with van der Waals surface area (Å²) >= 11 is 0. The molecule has 6 heteroatoms. The zero-order valence-electron chi connectivity index (χ0n) is 23.1. The van der Waals surface area contributed by atoms with Crippen molar-refractivity contribution in [2.45, 2.75) is 72.1 Å². The number of carbonyl (C=O) groups excluding carboxylic acids is 1. The van der Waals surface area contributed by atoms with Crippen molar-refractivity contribution in [1.82, 2.24) is 5.32 Å². The number of urea groups is 1. The molecule has 0 radical (unpaired) electrons. The van der Waals surface area contributed by atoms with E-state index in [1.807, 2.05) is 19.2 Å². The quantitative estimate of drug-likeness (QED) is 0.495. The van der Waals surface area contributed by atoms with Crippen LogP contribution in [0.4, 0.5) is 16.2 Å². The summed E-state index contributed by atoms with van der Waals surface area (Å²) in [5.41, 5.74) is 5.10. The van der Waals surface area contributed by atoms with Gasteiger partial charge >= 0.3 is 6.03 Å². The second-order valence-corrected chi connectivity index (χ2v) is 11.7. The molecule has 4 rings (SSSR count). The Balaban J connectivity index is 1.66. The van der Waals surface area contributed by atoms with Gasteiger partial charge in [0.1, 0.15) is 0 Å². The fourth-order valence-corrected chi connectivity index (χ4v) is 5.08. The van der Waals surface area contributed by atoms with Crippen LogP contribution in [0.5, 0.6) is 0 Å². The predicted octanol–water partition coefficient (Wildman–Crippen LogP) is 6.56. The average molecular weight is 494 g/mol. The van der Waals surface area contributed by atoms with E-state index in [1.54, 1.807) is 4.90 Å². The molecule has 6 nitrogen and oxygen atoms in total. The lowest BCUT2D eigenvalue weighted by molar-refractivity contribution is -0.317. The van der Waals surface area contributed by atoms with E-state index in [1.165, 1.54) is 18.5 Å². The number of ether oxygens (including phenoxy) is 2. The largest absolute Gasteiger partial charge is 0.372 e.